The molecule has 1 saturated heterocycles. The second-order valence-corrected chi connectivity index (χ2v) is 7.89. The van der Waals surface area contributed by atoms with Crippen LogP contribution in [0.15, 0.2) is 0 Å². The van der Waals surface area contributed by atoms with Crippen LogP contribution >= 0.6 is 0 Å². The zero-order valence-electron chi connectivity index (χ0n) is 15.7. The Labute approximate surface area is 154 Å². The average Bonchev–Trinajstić information content (AvgIpc) is 2.90. The lowest BCUT2D eigenvalue weighted by atomic mass is 9.81. The first-order chi connectivity index (χ1) is 12.3. The summed E-state index contributed by atoms with van der Waals surface area (Å²) in [6.45, 7) is 1.83. The topological polar surface area (TPSA) is 63.6 Å². The first-order valence-electron chi connectivity index (χ1n) is 10.1. The number of unbranched alkanes of at least 4 members (excludes halogenated alkanes) is 5. The number of ether oxygens (including phenoxy) is 1. The number of aliphatic hydroxyl groups is 1. The number of carbonyl (C=O) groups excluding carboxylic acids is 2. The van der Waals surface area contributed by atoms with Crippen molar-refractivity contribution in [3.63, 3.8) is 0 Å². The van der Waals surface area contributed by atoms with E-state index >= 15 is 0 Å². The highest BCUT2D eigenvalue weighted by Gasteiger charge is 2.59. The number of Topliss-reactive ketones (excluding diaryl/α,β-unsaturated/α-hetero) is 1. The second kappa shape index (κ2) is 9.36. The van der Waals surface area contributed by atoms with E-state index in [1.165, 1.54) is 0 Å². The van der Waals surface area contributed by atoms with Crippen LogP contribution in [0.3, 0.4) is 0 Å². The molecular weight excluding hydrogens is 342 g/mol. The molecule has 0 aromatic heterocycles. The maximum Gasteiger partial charge on any atom is 0.300 e. The molecule has 4 nitrogen and oxygen atoms in total. The van der Waals surface area contributed by atoms with Gasteiger partial charge in [0, 0.05) is 31.6 Å². The molecule has 0 aromatic rings. The second-order valence-electron chi connectivity index (χ2n) is 7.89. The van der Waals surface area contributed by atoms with Crippen molar-refractivity contribution < 1.29 is 28.2 Å². The number of hydrogen-bond acceptors (Lipinski definition) is 4. The number of ketones is 1. The smallest absolute Gasteiger partial charge is 0.300 e. The fourth-order valence-corrected chi connectivity index (χ4v) is 4.37. The quantitative estimate of drug-likeness (QED) is 0.429. The minimum absolute atomic E-state index is 0.0558. The minimum Gasteiger partial charge on any atom is -0.361 e. The minimum atomic E-state index is -3.28. The number of fused-ring (bicyclic) bond motifs is 1. The Morgan fingerprint density at radius 3 is 2.69 bits per heavy atom. The Morgan fingerprint density at radius 2 is 2.00 bits per heavy atom. The van der Waals surface area contributed by atoms with E-state index in [-0.39, 0.29) is 30.5 Å². The third-order valence-electron chi connectivity index (χ3n) is 5.98. The van der Waals surface area contributed by atoms with E-state index in [2.05, 4.69) is 0 Å². The lowest BCUT2D eigenvalue weighted by Crippen LogP contribution is -2.55. The first kappa shape index (κ1) is 21.4. The Bertz CT molecular complexity index is 482. The molecule has 0 bridgehead atoms. The van der Waals surface area contributed by atoms with Crippen molar-refractivity contribution in [3.05, 3.63) is 0 Å². The average molecular weight is 374 g/mol. The summed E-state index contributed by atoms with van der Waals surface area (Å²) >= 11 is 0. The molecule has 1 saturated carbocycles. The van der Waals surface area contributed by atoms with Crippen LogP contribution in [0.5, 0.6) is 0 Å². The lowest BCUT2D eigenvalue weighted by Gasteiger charge is -2.43. The summed E-state index contributed by atoms with van der Waals surface area (Å²) in [6, 6.07) is 0. The molecule has 1 aliphatic heterocycles. The summed E-state index contributed by atoms with van der Waals surface area (Å²) in [5.74, 6) is -5.84. The van der Waals surface area contributed by atoms with Gasteiger partial charge in [0.2, 0.25) is 5.79 Å². The third kappa shape index (κ3) is 4.89. The number of halogens is 2. The highest BCUT2D eigenvalue weighted by molar-refractivity contribution is 5.84. The summed E-state index contributed by atoms with van der Waals surface area (Å²) < 4.78 is 34.3. The van der Waals surface area contributed by atoms with Crippen molar-refractivity contribution in [2.75, 3.05) is 0 Å². The molecule has 150 valence electrons. The predicted octanol–water partition coefficient (Wildman–Crippen LogP) is 4.42. The van der Waals surface area contributed by atoms with Gasteiger partial charge in [0.1, 0.15) is 12.1 Å². The monoisotopic (exact) mass is 374 g/mol. The molecule has 1 aliphatic carbocycles. The molecule has 4 atom stereocenters. The number of hydrogen-bond donors (Lipinski definition) is 1. The van der Waals surface area contributed by atoms with Crippen LogP contribution in [0.2, 0.25) is 0 Å². The van der Waals surface area contributed by atoms with E-state index in [9.17, 15) is 23.5 Å². The van der Waals surface area contributed by atoms with Crippen molar-refractivity contribution >= 4 is 12.1 Å². The molecule has 0 spiro atoms. The largest absolute Gasteiger partial charge is 0.361 e. The van der Waals surface area contributed by atoms with Gasteiger partial charge < -0.3 is 14.6 Å². The Kier molecular flexibility index (Phi) is 7.71. The van der Waals surface area contributed by atoms with Gasteiger partial charge in [0.05, 0.1) is 6.10 Å². The summed E-state index contributed by atoms with van der Waals surface area (Å²) in [5.41, 5.74) is 0. The van der Waals surface area contributed by atoms with Crippen LogP contribution in [0.25, 0.3) is 0 Å². The number of rotatable bonds is 11. The van der Waals surface area contributed by atoms with Crippen LogP contribution in [-0.4, -0.2) is 35.0 Å². The van der Waals surface area contributed by atoms with Crippen molar-refractivity contribution in [1.29, 1.82) is 0 Å². The van der Waals surface area contributed by atoms with Gasteiger partial charge in [0.25, 0.3) is 0 Å². The fourth-order valence-electron chi connectivity index (χ4n) is 4.37. The zero-order valence-corrected chi connectivity index (χ0v) is 15.7. The summed E-state index contributed by atoms with van der Waals surface area (Å²) in [5, 5.41) is 10.4. The van der Waals surface area contributed by atoms with Gasteiger partial charge in [-0.3, -0.25) is 4.79 Å². The number of alkyl halides is 2. The Balaban J connectivity index is 1.87. The number of carbonyl (C=O) groups is 2. The molecule has 1 heterocycles. The normalized spacial score (nSPS) is 31.8. The van der Waals surface area contributed by atoms with E-state index < -0.39 is 24.2 Å². The van der Waals surface area contributed by atoms with E-state index in [0.29, 0.717) is 25.7 Å². The number of aldehydes is 1. The summed E-state index contributed by atoms with van der Waals surface area (Å²) in [4.78, 5) is 22.6. The van der Waals surface area contributed by atoms with Gasteiger partial charge in [-0.05, 0) is 31.6 Å². The molecule has 0 amide bonds. The third-order valence-corrected chi connectivity index (χ3v) is 5.98. The van der Waals surface area contributed by atoms with E-state index in [0.717, 1.165) is 38.4 Å². The lowest BCUT2D eigenvalue weighted by molar-refractivity contribution is -0.356. The molecular formula is C20H32F2O4. The highest BCUT2D eigenvalue weighted by Crippen LogP contribution is 2.49. The van der Waals surface area contributed by atoms with Gasteiger partial charge in [-0.1, -0.05) is 32.6 Å². The van der Waals surface area contributed by atoms with Crippen LogP contribution in [0.4, 0.5) is 8.78 Å². The molecule has 1 unspecified atom stereocenters. The van der Waals surface area contributed by atoms with Crippen molar-refractivity contribution in [1.82, 2.24) is 0 Å². The molecule has 0 aromatic carbocycles. The Morgan fingerprint density at radius 1 is 1.27 bits per heavy atom. The Hall–Kier alpha value is -0.880. The summed E-state index contributed by atoms with van der Waals surface area (Å²) in [6.07, 6.45) is 6.34. The van der Waals surface area contributed by atoms with Gasteiger partial charge in [-0.15, -0.1) is 0 Å². The van der Waals surface area contributed by atoms with Gasteiger partial charge in [-0.2, -0.15) is 0 Å². The van der Waals surface area contributed by atoms with E-state index in [1.807, 2.05) is 6.92 Å². The van der Waals surface area contributed by atoms with Crippen LogP contribution in [0.1, 0.15) is 84.0 Å². The first-order valence-corrected chi connectivity index (χ1v) is 10.1. The van der Waals surface area contributed by atoms with Crippen molar-refractivity contribution in [2.45, 2.75) is 102 Å². The maximum absolute atomic E-state index is 14.4. The summed E-state index contributed by atoms with van der Waals surface area (Å²) in [7, 11) is 0. The van der Waals surface area contributed by atoms with Crippen molar-refractivity contribution in [3.8, 4) is 0 Å². The van der Waals surface area contributed by atoms with Gasteiger partial charge in [-0.25, -0.2) is 8.78 Å². The fraction of sp³-hybridized carbons (Fsp3) is 0.900. The van der Waals surface area contributed by atoms with Gasteiger partial charge >= 0.3 is 5.92 Å². The molecule has 2 rings (SSSR count). The zero-order chi connectivity index (χ0) is 19.2. The molecule has 2 aliphatic rings. The maximum atomic E-state index is 14.4. The van der Waals surface area contributed by atoms with E-state index in [1.54, 1.807) is 0 Å². The van der Waals surface area contributed by atoms with Crippen LogP contribution < -0.4 is 0 Å². The van der Waals surface area contributed by atoms with E-state index in [4.69, 9.17) is 4.74 Å². The SMILES string of the molecule is CCCCC(F)(F)C1(O)CC[C@H]2[C@@H](CC(=O)[C@@H]2CCCCCCC=O)O1. The standard InChI is InChI=1S/C20H32F2O4/c1-2-3-11-19(21,22)20(25)12-10-16-15(17(24)14-18(16)26-20)9-7-5-4-6-8-13-23/h13,15-16,18,25H,2-12,14H2,1H3/t15-,16-,18-,20?/m1/s1. The predicted molar refractivity (Wildman–Crippen MR) is 93.9 cm³/mol. The molecule has 1 N–H and O–H groups in total. The molecule has 2 fully saturated rings. The van der Waals surface area contributed by atoms with Crippen LogP contribution in [-0.2, 0) is 14.3 Å². The molecule has 6 heteroatoms. The van der Waals surface area contributed by atoms with Gasteiger partial charge in [0.15, 0.2) is 0 Å². The van der Waals surface area contributed by atoms with Crippen LogP contribution in [0, 0.1) is 11.8 Å². The molecule has 0 radical (unpaired) electrons. The highest BCUT2D eigenvalue weighted by atomic mass is 19.3. The molecule has 26 heavy (non-hydrogen) atoms. The van der Waals surface area contributed by atoms with Crippen molar-refractivity contribution in [2.24, 2.45) is 11.8 Å².